The van der Waals surface area contributed by atoms with Crippen molar-refractivity contribution in [3.8, 4) is 11.9 Å². The SMILES string of the molecule is Cc1cc(OCC#N)ncc1B1OC(C)(C)C(C)(C)O1. The number of ether oxygens (including phenoxy) is 1. The number of hydrogen-bond donors (Lipinski definition) is 0. The Morgan fingerprint density at radius 2 is 1.90 bits per heavy atom. The number of nitrogens with zero attached hydrogens (tertiary/aromatic N) is 2. The molecule has 5 nitrogen and oxygen atoms in total. The number of pyridine rings is 1. The Bertz CT molecular complexity index is 536. The Hall–Kier alpha value is -1.58. The Kier molecular flexibility index (Phi) is 3.76. The first kappa shape index (κ1) is 14.8. The molecule has 0 amide bonds. The lowest BCUT2D eigenvalue weighted by Crippen LogP contribution is -2.41. The normalized spacial score (nSPS) is 19.7. The summed E-state index contributed by atoms with van der Waals surface area (Å²) in [5.74, 6) is 0.435. The van der Waals surface area contributed by atoms with Crippen molar-refractivity contribution in [2.24, 2.45) is 0 Å². The van der Waals surface area contributed by atoms with Gasteiger partial charge in [-0.25, -0.2) is 4.98 Å². The third-order valence-corrected chi connectivity index (χ3v) is 3.92. The number of aromatic nitrogens is 1. The molecule has 0 aromatic carbocycles. The van der Waals surface area contributed by atoms with E-state index in [0.717, 1.165) is 11.0 Å². The number of nitriles is 1. The van der Waals surface area contributed by atoms with Gasteiger partial charge in [0, 0.05) is 17.7 Å². The van der Waals surface area contributed by atoms with E-state index in [-0.39, 0.29) is 17.8 Å². The van der Waals surface area contributed by atoms with Crippen molar-refractivity contribution in [3.63, 3.8) is 0 Å². The van der Waals surface area contributed by atoms with E-state index in [1.165, 1.54) is 0 Å². The van der Waals surface area contributed by atoms with Gasteiger partial charge in [-0.1, -0.05) is 0 Å². The van der Waals surface area contributed by atoms with Crippen molar-refractivity contribution in [2.75, 3.05) is 6.61 Å². The van der Waals surface area contributed by atoms with E-state index >= 15 is 0 Å². The molecule has 1 aliphatic rings. The van der Waals surface area contributed by atoms with Crippen molar-refractivity contribution >= 4 is 12.6 Å². The molecule has 0 spiro atoms. The van der Waals surface area contributed by atoms with Crippen LogP contribution in [0.15, 0.2) is 12.3 Å². The van der Waals surface area contributed by atoms with Gasteiger partial charge in [0.2, 0.25) is 5.88 Å². The Labute approximate surface area is 120 Å². The zero-order valence-corrected chi connectivity index (χ0v) is 12.6. The molecular formula is C14H19BN2O3. The van der Waals surface area contributed by atoms with Crippen LogP contribution in [0.4, 0.5) is 0 Å². The molecule has 6 heteroatoms. The molecule has 1 aliphatic heterocycles. The van der Waals surface area contributed by atoms with Crippen LogP contribution in [0.5, 0.6) is 5.88 Å². The lowest BCUT2D eigenvalue weighted by atomic mass is 9.77. The van der Waals surface area contributed by atoms with Crippen molar-refractivity contribution in [2.45, 2.75) is 45.8 Å². The Morgan fingerprint density at radius 1 is 1.30 bits per heavy atom. The van der Waals surface area contributed by atoms with Gasteiger partial charge in [-0.2, -0.15) is 5.26 Å². The monoisotopic (exact) mass is 274 g/mol. The van der Waals surface area contributed by atoms with Crippen LogP contribution in [0.1, 0.15) is 33.3 Å². The van der Waals surface area contributed by atoms with Gasteiger partial charge in [-0.15, -0.1) is 0 Å². The molecule has 1 aromatic heterocycles. The summed E-state index contributed by atoms with van der Waals surface area (Å²) < 4.78 is 17.2. The van der Waals surface area contributed by atoms with Crippen molar-refractivity contribution in [3.05, 3.63) is 17.8 Å². The maximum absolute atomic E-state index is 8.50. The van der Waals surface area contributed by atoms with Crippen LogP contribution in [-0.2, 0) is 9.31 Å². The van der Waals surface area contributed by atoms with Crippen molar-refractivity contribution in [1.82, 2.24) is 4.98 Å². The van der Waals surface area contributed by atoms with Crippen LogP contribution < -0.4 is 10.2 Å². The molecule has 0 bridgehead atoms. The minimum atomic E-state index is -0.433. The summed E-state index contributed by atoms with van der Waals surface area (Å²) in [5.41, 5.74) is 1.10. The summed E-state index contributed by atoms with van der Waals surface area (Å²) in [4.78, 5) is 4.18. The Morgan fingerprint density at radius 3 is 2.40 bits per heavy atom. The Balaban J connectivity index is 2.21. The summed E-state index contributed by atoms with van der Waals surface area (Å²) in [6, 6.07) is 3.70. The molecule has 20 heavy (non-hydrogen) atoms. The molecule has 0 radical (unpaired) electrons. The van der Waals surface area contributed by atoms with Crippen LogP contribution in [0.2, 0.25) is 0 Å². The van der Waals surface area contributed by atoms with Gasteiger partial charge in [-0.3, -0.25) is 0 Å². The van der Waals surface area contributed by atoms with Crippen molar-refractivity contribution < 1.29 is 14.0 Å². The molecule has 0 atom stereocenters. The van der Waals surface area contributed by atoms with Gasteiger partial charge in [0.25, 0.3) is 0 Å². The van der Waals surface area contributed by atoms with E-state index in [2.05, 4.69) is 4.98 Å². The smallest absolute Gasteiger partial charge is 0.462 e. The average molecular weight is 274 g/mol. The lowest BCUT2D eigenvalue weighted by molar-refractivity contribution is 0.00578. The molecule has 1 saturated heterocycles. The molecule has 1 fully saturated rings. The van der Waals surface area contributed by atoms with Gasteiger partial charge in [0.1, 0.15) is 6.07 Å². The van der Waals surface area contributed by atoms with E-state index < -0.39 is 7.12 Å². The minimum absolute atomic E-state index is 0.0116. The predicted molar refractivity (Wildman–Crippen MR) is 75.8 cm³/mol. The first-order chi connectivity index (χ1) is 9.27. The van der Waals surface area contributed by atoms with Gasteiger partial charge in [0.05, 0.1) is 11.2 Å². The van der Waals surface area contributed by atoms with Crippen LogP contribution in [0, 0.1) is 18.3 Å². The van der Waals surface area contributed by atoms with Crippen molar-refractivity contribution in [1.29, 1.82) is 5.26 Å². The first-order valence-electron chi connectivity index (χ1n) is 6.59. The van der Waals surface area contributed by atoms with E-state index in [9.17, 15) is 0 Å². The van der Waals surface area contributed by atoms with Crippen LogP contribution in [-0.4, -0.2) is 29.9 Å². The van der Waals surface area contributed by atoms with Gasteiger partial charge < -0.3 is 14.0 Å². The van der Waals surface area contributed by atoms with E-state index in [0.29, 0.717) is 5.88 Å². The predicted octanol–water partition coefficient (Wildman–Crippen LogP) is 1.59. The fraction of sp³-hybridized carbons (Fsp3) is 0.571. The summed E-state index contributed by atoms with van der Waals surface area (Å²) in [7, 11) is -0.433. The largest absolute Gasteiger partial charge is 0.496 e. The second-order valence-electron chi connectivity index (χ2n) is 5.91. The highest BCUT2D eigenvalue weighted by atomic mass is 16.7. The molecule has 0 saturated carbocycles. The lowest BCUT2D eigenvalue weighted by Gasteiger charge is -2.32. The quantitative estimate of drug-likeness (QED) is 0.783. The molecule has 0 unspecified atom stereocenters. The highest BCUT2D eigenvalue weighted by molar-refractivity contribution is 6.62. The van der Waals surface area contributed by atoms with Crippen LogP contribution in [0.3, 0.4) is 0 Å². The highest BCUT2D eigenvalue weighted by Crippen LogP contribution is 2.36. The van der Waals surface area contributed by atoms with E-state index in [4.69, 9.17) is 19.3 Å². The average Bonchev–Trinajstić information content (AvgIpc) is 2.55. The highest BCUT2D eigenvalue weighted by Gasteiger charge is 2.52. The second kappa shape index (κ2) is 5.08. The molecule has 106 valence electrons. The van der Waals surface area contributed by atoms with E-state index in [1.54, 1.807) is 12.3 Å². The maximum atomic E-state index is 8.50. The third kappa shape index (κ3) is 2.65. The molecule has 2 rings (SSSR count). The maximum Gasteiger partial charge on any atom is 0.496 e. The van der Waals surface area contributed by atoms with Gasteiger partial charge >= 0.3 is 7.12 Å². The molecule has 0 N–H and O–H groups in total. The summed E-state index contributed by atoms with van der Waals surface area (Å²) in [6.07, 6.45) is 1.68. The van der Waals surface area contributed by atoms with Gasteiger partial charge in [0.15, 0.2) is 6.61 Å². The zero-order valence-electron chi connectivity index (χ0n) is 12.6. The summed E-state index contributed by atoms with van der Waals surface area (Å²) >= 11 is 0. The minimum Gasteiger partial charge on any atom is -0.462 e. The second-order valence-corrected chi connectivity index (χ2v) is 5.91. The third-order valence-electron chi connectivity index (χ3n) is 3.92. The van der Waals surface area contributed by atoms with E-state index in [1.807, 2.05) is 40.7 Å². The number of rotatable bonds is 3. The first-order valence-corrected chi connectivity index (χ1v) is 6.59. The fourth-order valence-corrected chi connectivity index (χ4v) is 1.94. The molecule has 1 aromatic rings. The topological polar surface area (TPSA) is 64.4 Å². The fourth-order valence-electron chi connectivity index (χ4n) is 1.94. The zero-order chi connectivity index (χ0) is 15.0. The van der Waals surface area contributed by atoms with Crippen LogP contribution >= 0.6 is 0 Å². The standard InChI is InChI=1S/C14H19BN2O3/c1-10-8-12(18-7-6-16)17-9-11(10)15-19-13(2,3)14(4,5)20-15/h8-9H,7H2,1-5H3. The van der Waals surface area contributed by atoms with Gasteiger partial charge in [-0.05, 0) is 40.2 Å². The molecule has 2 heterocycles. The molecular weight excluding hydrogens is 255 g/mol. The summed E-state index contributed by atoms with van der Waals surface area (Å²) in [6.45, 7) is 9.99. The summed E-state index contributed by atoms with van der Waals surface area (Å²) in [5, 5.41) is 8.50. The number of hydrogen-bond acceptors (Lipinski definition) is 5. The molecule has 0 aliphatic carbocycles. The van der Waals surface area contributed by atoms with Crippen LogP contribution in [0.25, 0.3) is 0 Å². The number of aryl methyl sites for hydroxylation is 1.